The third kappa shape index (κ3) is 4.41. The highest BCUT2D eigenvalue weighted by Crippen LogP contribution is 2.19. The molecule has 0 radical (unpaired) electrons. The smallest absolute Gasteiger partial charge is 0.282 e. The number of nitrogens with one attached hydrogen (secondary N) is 2. The SMILES string of the molecule is CCCNc1nnc(C(=O)NC(C)c2ccc(Cl)cc2)s1. The van der Waals surface area contributed by atoms with Gasteiger partial charge >= 0.3 is 0 Å². The van der Waals surface area contributed by atoms with Crippen molar-refractivity contribution in [2.24, 2.45) is 0 Å². The summed E-state index contributed by atoms with van der Waals surface area (Å²) >= 11 is 7.11. The second-order valence-corrected chi connectivity index (χ2v) is 6.00. The summed E-state index contributed by atoms with van der Waals surface area (Å²) in [7, 11) is 0. The molecular formula is C14H17ClN4OS. The van der Waals surface area contributed by atoms with Gasteiger partial charge in [0.1, 0.15) is 0 Å². The van der Waals surface area contributed by atoms with Gasteiger partial charge in [0.2, 0.25) is 10.1 Å². The number of amides is 1. The Kier molecular flexibility index (Phi) is 5.52. The van der Waals surface area contributed by atoms with Crippen LogP contribution in [0.15, 0.2) is 24.3 Å². The number of rotatable bonds is 6. The van der Waals surface area contributed by atoms with Crippen LogP contribution in [-0.4, -0.2) is 22.6 Å². The average Bonchev–Trinajstić information content (AvgIpc) is 2.94. The van der Waals surface area contributed by atoms with E-state index in [-0.39, 0.29) is 11.9 Å². The van der Waals surface area contributed by atoms with Crippen molar-refractivity contribution in [3.05, 3.63) is 39.9 Å². The molecule has 7 heteroatoms. The molecule has 1 amide bonds. The number of hydrogen-bond acceptors (Lipinski definition) is 5. The van der Waals surface area contributed by atoms with Gasteiger partial charge in [-0.15, -0.1) is 10.2 Å². The molecule has 1 aromatic carbocycles. The van der Waals surface area contributed by atoms with Crippen molar-refractivity contribution in [3.8, 4) is 0 Å². The third-order valence-electron chi connectivity index (χ3n) is 2.86. The fraction of sp³-hybridized carbons (Fsp3) is 0.357. The maximum atomic E-state index is 12.1. The monoisotopic (exact) mass is 324 g/mol. The first-order chi connectivity index (χ1) is 10.1. The van der Waals surface area contributed by atoms with Gasteiger partial charge < -0.3 is 10.6 Å². The maximum absolute atomic E-state index is 12.1. The Morgan fingerprint density at radius 3 is 2.71 bits per heavy atom. The van der Waals surface area contributed by atoms with Crippen LogP contribution in [0.5, 0.6) is 0 Å². The lowest BCUT2D eigenvalue weighted by atomic mass is 10.1. The Balaban J connectivity index is 1.97. The van der Waals surface area contributed by atoms with Crippen LogP contribution in [-0.2, 0) is 0 Å². The fourth-order valence-corrected chi connectivity index (χ4v) is 2.51. The number of halogens is 1. The second-order valence-electron chi connectivity index (χ2n) is 4.59. The van der Waals surface area contributed by atoms with Crippen LogP contribution in [0.3, 0.4) is 0 Å². The average molecular weight is 325 g/mol. The Morgan fingerprint density at radius 2 is 2.05 bits per heavy atom. The van der Waals surface area contributed by atoms with E-state index >= 15 is 0 Å². The molecule has 0 aliphatic rings. The molecule has 2 N–H and O–H groups in total. The van der Waals surface area contributed by atoms with E-state index in [4.69, 9.17) is 11.6 Å². The summed E-state index contributed by atoms with van der Waals surface area (Å²) in [4.78, 5) is 12.1. The van der Waals surface area contributed by atoms with Gasteiger partial charge in [-0.25, -0.2) is 0 Å². The second kappa shape index (κ2) is 7.38. The molecule has 5 nitrogen and oxygen atoms in total. The van der Waals surface area contributed by atoms with Gasteiger partial charge in [-0.1, -0.05) is 42.0 Å². The van der Waals surface area contributed by atoms with E-state index in [2.05, 4.69) is 27.8 Å². The van der Waals surface area contributed by atoms with E-state index in [9.17, 15) is 4.79 Å². The van der Waals surface area contributed by atoms with Crippen molar-refractivity contribution >= 4 is 34.0 Å². The summed E-state index contributed by atoms with van der Waals surface area (Å²) in [6.45, 7) is 4.80. The molecule has 1 aromatic heterocycles. The first-order valence-electron chi connectivity index (χ1n) is 6.74. The van der Waals surface area contributed by atoms with Crippen LogP contribution in [0.25, 0.3) is 0 Å². The van der Waals surface area contributed by atoms with Gasteiger partial charge in [0.15, 0.2) is 0 Å². The largest absolute Gasteiger partial charge is 0.360 e. The molecule has 21 heavy (non-hydrogen) atoms. The van der Waals surface area contributed by atoms with Gasteiger partial charge in [-0.2, -0.15) is 0 Å². The van der Waals surface area contributed by atoms with Gasteiger partial charge in [0.05, 0.1) is 6.04 Å². The van der Waals surface area contributed by atoms with Gasteiger partial charge in [-0.05, 0) is 31.0 Å². The van der Waals surface area contributed by atoms with E-state index < -0.39 is 0 Å². The van der Waals surface area contributed by atoms with Crippen LogP contribution >= 0.6 is 22.9 Å². The normalized spacial score (nSPS) is 12.0. The molecular weight excluding hydrogens is 308 g/mol. The quantitative estimate of drug-likeness (QED) is 0.853. The summed E-state index contributed by atoms with van der Waals surface area (Å²) in [5.74, 6) is -0.223. The Morgan fingerprint density at radius 1 is 1.33 bits per heavy atom. The third-order valence-corrected chi connectivity index (χ3v) is 3.99. The minimum absolute atomic E-state index is 0.120. The van der Waals surface area contributed by atoms with Crippen LogP contribution in [0.1, 0.15) is 41.7 Å². The Labute approximate surface area is 132 Å². The number of nitrogens with zero attached hydrogens (tertiary/aromatic N) is 2. The molecule has 2 rings (SSSR count). The van der Waals surface area contributed by atoms with E-state index in [0.29, 0.717) is 15.2 Å². The molecule has 0 fully saturated rings. The van der Waals surface area contributed by atoms with E-state index in [0.717, 1.165) is 18.5 Å². The van der Waals surface area contributed by atoms with E-state index in [1.54, 1.807) is 12.1 Å². The molecule has 1 unspecified atom stereocenters. The highest BCUT2D eigenvalue weighted by molar-refractivity contribution is 7.17. The summed E-state index contributed by atoms with van der Waals surface area (Å²) in [6, 6.07) is 7.27. The van der Waals surface area contributed by atoms with Crippen LogP contribution < -0.4 is 10.6 Å². The van der Waals surface area contributed by atoms with Crippen molar-refractivity contribution in [2.45, 2.75) is 26.3 Å². The highest BCUT2D eigenvalue weighted by Gasteiger charge is 2.16. The summed E-state index contributed by atoms with van der Waals surface area (Å²) in [6.07, 6.45) is 0.995. The van der Waals surface area contributed by atoms with Crippen molar-refractivity contribution in [1.82, 2.24) is 15.5 Å². The maximum Gasteiger partial charge on any atom is 0.282 e. The molecule has 1 atom stereocenters. The van der Waals surface area contributed by atoms with Gasteiger partial charge in [-0.3, -0.25) is 4.79 Å². The van der Waals surface area contributed by atoms with Gasteiger partial charge in [0, 0.05) is 11.6 Å². The van der Waals surface area contributed by atoms with Crippen LogP contribution in [0.4, 0.5) is 5.13 Å². The van der Waals surface area contributed by atoms with Crippen molar-refractivity contribution in [3.63, 3.8) is 0 Å². The molecule has 0 saturated carbocycles. The molecule has 112 valence electrons. The zero-order valence-corrected chi connectivity index (χ0v) is 13.5. The lowest BCUT2D eigenvalue weighted by Gasteiger charge is -2.13. The van der Waals surface area contributed by atoms with E-state index in [1.807, 2.05) is 19.1 Å². The first kappa shape index (κ1) is 15.7. The molecule has 0 bridgehead atoms. The summed E-state index contributed by atoms with van der Waals surface area (Å²) in [5, 5.41) is 15.6. The van der Waals surface area contributed by atoms with E-state index in [1.165, 1.54) is 11.3 Å². The Bertz CT molecular complexity index is 599. The number of hydrogen-bond donors (Lipinski definition) is 2. The van der Waals surface area contributed by atoms with Crippen molar-refractivity contribution in [2.75, 3.05) is 11.9 Å². The zero-order valence-electron chi connectivity index (χ0n) is 11.9. The van der Waals surface area contributed by atoms with Crippen LogP contribution in [0.2, 0.25) is 5.02 Å². The standard InChI is InChI=1S/C14H17ClN4OS/c1-3-8-16-14-19-18-13(21-14)12(20)17-9(2)10-4-6-11(15)7-5-10/h4-7,9H,3,8H2,1-2H3,(H,16,19)(H,17,20). The minimum atomic E-state index is -0.223. The summed E-state index contributed by atoms with van der Waals surface area (Å²) in [5.41, 5.74) is 0.988. The minimum Gasteiger partial charge on any atom is -0.360 e. The lowest BCUT2D eigenvalue weighted by Crippen LogP contribution is -2.26. The molecule has 1 heterocycles. The number of anilines is 1. The summed E-state index contributed by atoms with van der Waals surface area (Å²) < 4.78 is 0. The number of carbonyl (C=O) groups is 1. The zero-order chi connectivity index (χ0) is 15.2. The number of aromatic nitrogens is 2. The molecule has 0 saturated heterocycles. The van der Waals surface area contributed by atoms with Crippen molar-refractivity contribution in [1.29, 1.82) is 0 Å². The molecule has 0 aliphatic carbocycles. The van der Waals surface area contributed by atoms with Crippen LogP contribution in [0, 0.1) is 0 Å². The highest BCUT2D eigenvalue weighted by atomic mass is 35.5. The molecule has 2 aromatic rings. The van der Waals surface area contributed by atoms with Gasteiger partial charge in [0.25, 0.3) is 5.91 Å². The number of benzene rings is 1. The predicted octanol–water partition coefficient (Wildman–Crippen LogP) is 3.50. The van der Waals surface area contributed by atoms with Crippen molar-refractivity contribution < 1.29 is 4.79 Å². The Hall–Kier alpha value is -1.66. The fourth-order valence-electron chi connectivity index (χ4n) is 1.71. The first-order valence-corrected chi connectivity index (χ1v) is 7.93. The molecule has 0 aliphatic heterocycles. The predicted molar refractivity (Wildman–Crippen MR) is 86.0 cm³/mol. The molecule has 0 spiro atoms. The number of carbonyl (C=O) groups excluding carboxylic acids is 1. The topological polar surface area (TPSA) is 66.9 Å². The lowest BCUT2D eigenvalue weighted by molar-refractivity contribution is 0.0939.